The molecule has 0 fully saturated rings. The number of rotatable bonds is 1. The summed E-state index contributed by atoms with van der Waals surface area (Å²) in [6, 6.07) is 1.35. The molecule has 1 aliphatic rings. The number of benzene rings is 1. The fourth-order valence-electron chi connectivity index (χ4n) is 2.56. The van der Waals surface area contributed by atoms with E-state index >= 15 is 0 Å². The number of thiazole rings is 1. The van der Waals surface area contributed by atoms with Crippen LogP contribution in [0.5, 0.6) is 5.75 Å². The van der Waals surface area contributed by atoms with E-state index in [4.69, 9.17) is 0 Å². The molecule has 0 bridgehead atoms. The molecule has 1 aromatic carbocycles. The Balaban J connectivity index is 2.15. The second-order valence-corrected chi connectivity index (χ2v) is 7.22. The van der Waals surface area contributed by atoms with E-state index in [1.807, 2.05) is 13.8 Å². The first-order valence-corrected chi connectivity index (χ1v) is 7.76. The van der Waals surface area contributed by atoms with Crippen molar-refractivity contribution in [3.05, 3.63) is 33.8 Å². The van der Waals surface area contributed by atoms with Gasteiger partial charge in [-0.3, -0.25) is 4.79 Å². The molecule has 6 heteroatoms. The van der Waals surface area contributed by atoms with Gasteiger partial charge in [-0.25, -0.2) is 9.37 Å². The van der Waals surface area contributed by atoms with Crippen LogP contribution in [0.1, 0.15) is 41.2 Å². The Morgan fingerprint density at radius 2 is 2.00 bits per heavy atom. The van der Waals surface area contributed by atoms with Gasteiger partial charge in [0.25, 0.3) is 0 Å². The fourth-order valence-corrected chi connectivity index (χ4v) is 3.81. The van der Waals surface area contributed by atoms with Crippen LogP contribution >= 0.6 is 11.3 Å². The molecule has 2 aromatic rings. The highest BCUT2D eigenvalue weighted by Gasteiger charge is 2.37. The summed E-state index contributed by atoms with van der Waals surface area (Å²) in [6.07, 6.45) is 1.33. The lowest BCUT2D eigenvalue weighted by molar-refractivity contribution is 0.0815. The number of carbonyl (C=O) groups excluding carboxylic acids is 1. The first-order valence-electron chi connectivity index (χ1n) is 6.95. The summed E-state index contributed by atoms with van der Waals surface area (Å²) in [5, 5.41) is 9.72. The highest BCUT2D eigenvalue weighted by atomic mass is 32.1. The third-order valence-corrected chi connectivity index (χ3v) is 5.24. The number of aromatic hydroxyl groups is 1. The third-order valence-electron chi connectivity index (χ3n) is 4.11. The average Bonchev–Trinajstić information content (AvgIpc) is 2.89. The van der Waals surface area contributed by atoms with Gasteiger partial charge in [-0.2, -0.15) is 4.39 Å². The molecular weight excluding hydrogens is 308 g/mol. The van der Waals surface area contributed by atoms with Crippen molar-refractivity contribution in [2.45, 2.75) is 33.6 Å². The van der Waals surface area contributed by atoms with Crippen LogP contribution in [0.3, 0.4) is 0 Å². The average molecular weight is 323 g/mol. The van der Waals surface area contributed by atoms with Crippen LogP contribution in [-0.2, 0) is 6.42 Å². The normalized spacial score (nSPS) is 16.7. The Bertz CT molecular complexity index is 796. The summed E-state index contributed by atoms with van der Waals surface area (Å²) in [7, 11) is 0. The van der Waals surface area contributed by atoms with Crippen molar-refractivity contribution in [2.75, 3.05) is 0 Å². The Kier molecular flexibility index (Phi) is 3.32. The Labute approximate surface area is 130 Å². The van der Waals surface area contributed by atoms with Gasteiger partial charge in [-0.15, -0.1) is 11.3 Å². The van der Waals surface area contributed by atoms with Gasteiger partial charge in [0, 0.05) is 11.0 Å². The van der Waals surface area contributed by atoms with Gasteiger partial charge in [0.05, 0.1) is 10.6 Å². The summed E-state index contributed by atoms with van der Waals surface area (Å²) < 4.78 is 27.8. The zero-order chi connectivity index (χ0) is 16.2. The molecule has 1 N–H and O–H groups in total. The first kappa shape index (κ1) is 15.1. The number of halogens is 2. The summed E-state index contributed by atoms with van der Waals surface area (Å²) in [4.78, 5) is 17.3. The molecule has 22 heavy (non-hydrogen) atoms. The summed E-state index contributed by atoms with van der Waals surface area (Å²) in [5.41, 5.74) is 0.409. The molecule has 0 radical (unpaired) electrons. The molecule has 1 heterocycles. The van der Waals surface area contributed by atoms with Crippen LogP contribution < -0.4 is 0 Å². The van der Waals surface area contributed by atoms with Crippen molar-refractivity contribution < 1.29 is 18.7 Å². The third kappa shape index (κ3) is 2.13. The lowest BCUT2D eigenvalue weighted by Gasteiger charge is -2.26. The number of phenolic OH excluding ortho intramolecular Hbond substituents is 1. The maximum Gasteiger partial charge on any atom is 0.201 e. The molecule has 0 atom stereocenters. The molecule has 3 rings (SSSR count). The fraction of sp³-hybridized carbons (Fsp3) is 0.375. The number of aromatic nitrogens is 1. The van der Waals surface area contributed by atoms with Crippen molar-refractivity contribution in [2.24, 2.45) is 5.41 Å². The van der Waals surface area contributed by atoms with Crippen LogP contribution in [0.15, 0.2) is 6.07 Å². The molecule has 1 aromatic heterocycles. The van der Waals surface area contributed by atoms with Crippen molar-refractivity contribution in [3.8, 4) is 16.3 Å². The Morgan fingerprint density at radius 3 is 2.68 bits per heavy atom. The van der Waals surface area contributed by atoms with Gasteiger partial charge in [-0.1, -0.05) is 13.8 Å². The van der Waals surface area contributed by atoms with E-state index in [0.717, 1.165) is 11.3 Å². The number of fused-ring (bicyclic) bond motifs is 1. The van der Waals surface area contributed by atoms with Gasteiger partial charge in [0.2, 0.25) is 5.82 Å². The van der Waals surface area contributed by atoms with Crippen molar-refractivity contribution in [3.63, 3.8) is 0 Å². The van der Waals surface area contributed by atoms with Gasteiger partial charge in [0.15, 0.2) is 17.3 Å². The number of aryl methyl sites for hydroxylation is 2. The molecule has 0 unspecified atom stereocenters. The molecule has 0 saturated carbocycles. The van der Waals surface area contributed by atoms with Gasteiger partial charge < -0.3 is 5.11 Å². The molecule has 0 amide bonds. The Morgan fingerprint density at radius 1 is 1.32 bits per heavy atom. The minimum absolute atomic E-state index is 0.00567. The highest BCUT2D eigenvalue weighted by Crippen LogP contribution is 2.41. The zero-order valence-corrected chi connectivity index (χ0v) is 13.3. The SMILES string of the molecule is Cc1cc(-c2nc3c(s2)C(=O)C(C)(C)CC3)c(F)c(F)c1O. The van der Waals surface area contributed by atoms with E-state index < -0.39 is 22.8 Å². The maximum atomic E-state index is 14.1. The van der Waals surface area contributed by atoms with E-state index in [2.05, 4.69) is 4.98 Å². The summed E-state index contributed by atoms with van der Waals surface area (Å²) in [5.74, 6) is -3.12. The van der Waals surface area contributed by atoms with Crippen molar-refractivity contribution in [1.82, 2.24) is 4.98 Å². The topological polar surface area (TPSA) is 50.2 Å². The van der Waals surface area contributed by atoms with Gasteiger partial charge in [-0.05, 0) is 31.4 Å². The van der Waals surface area contributed by atoms with E-state index in [1.54, 1.807) is 0 Å². The predicted molar refractivity (Wildman–Crippen MR) is 80.3 cm³/mol. The number of carbonyl (C=O) groups is 1. The smallest absolute Gasteiger partial charge is 0.201 e. The van der Waals surface area contributed by atoms with E-state index in [-0.39, 0.29) is 21.9 Å². The minimum Gasteiger partial charge on any atom is -0.505 e. The highest BCUT2D eigenvalue weighted by molar-refractivity contribution is 7.17. The standard InChI is InChI=1S/C16H15F2NO2S/c1-7-6-8(10(17)11(18)12(7)20)15-19-9-4-5-16(2,3)14(21)13(9)22-15/h6,20H,4-5H2,1-3H3. The number of Topliss-reactive ketones (excluding diaryl/α,β-unsaturated/α-hetero) is 1. The van der Waals surface area contributed by atoms with E-state index in [9.17, 15) is 18.7 Å². The second-order valence-electron chi connectivity index (χ2n) is 6.23. The van der Waals surface area contributed by atoms with Crippen LogP contribution in [-0.4, -0.2) is 15.9 Å². The largest absolute Gasteiger partial charge is 0.505 e. The lowest BCUT2D eigenvalue weighted by Crippen LogP contribution is -2.29. The number of hydrogen-bond acceptors (Lipinski definition) is 4. The van der Waals surface area contributed by atoms with E-state index in [0.29, 0.717) is 23.4 Å². The monoisotopic (exact) mass is 323 g/mol. The molecule has 116 valence electrons. The Hall–Kier alpha value is -1.82. The molecule has 1 aliphatic carbocycles. The quantitative estimate of drug-likeness (QED) is 0.853. The van der Waals surface area contributed by atoms with Crippen LogP contribution in [0.25, 0.3) is 10.6 Å². The molecule has 0 aliphatic heterocycles. The van der Waals surface area contributed by atoms with Crippen LogP contribution in [0, 0.1) is 24.0 Å². The summed E-state index contributed by atoms with van der Waals surface area (Å²) >= 11 is 1.09. The number of ketones is 1. The van der Waals surface area contributed by atoms with Crippen molar-refractivity contribution >= 4 is 17.1 Å². The minimum atomic E-state index is -1.28. The van der Waals surface area contributed by atoms with E-state index in [1.165, 1.54) is 13.0 Å². The molecule has 0 spiro atoms. The van der Waals surface area contributed by atoms with Gasteiger partial charge in [0.1, 0.15) is 5.01 Å². The lowest BCUT2D eigenvalue weighted by atomic mass is 9.78. The van der Waals surface area contributed by atoms with Crippen molar-refractivity contribution in [1.29, 1.82) is 0 Å². The zero-order valence-electron chi connectivity index (χ0n) is 12.5. The number of hydrogen-bond donors (Lipinski definition) is 1. The molecular formula is C16H15F2NO2S. The summed E-state index contributed by atoms with van der Waals surface area (Å²) in [6.45, 7) is 5.24. The molecule has 0 saturated heterocycles. The number of nitrogens with zero attached hydrogens (tertiary/aromatic N) is 1. The second kappa shape index (κ2) is 4.84. The number of phenols is 1. The maximum absolute atomic E-state index is 14.1. The van der Waals surface area contributed by atoms with Crippen LogP contribution in [0.4, 0.5) is 8.78 Å². The van der Waals surface area contributed by atoms with Gasteiger partial charge >= 0.3 is 0 Å². The van der Waals surface area contributed by atoms with Crippen LogP contribution in [0.2, 0.25) is 0 Å². The molecule has 3 nitrogen and oxygen atoms in total. The first-order chi connectivity index (χ1) is 10.2. The predicted octanol–water partition coefficient (Wildman–Crippen LogP) is 4.26.